The molecule has 0 radical (unpaired) electrons. The molecule has 33 heavy (non-hydrogen) atoms. The number of carbonyl (C=O) groups is 3. The highest BCUT2D eigenvalue weighted by Crippen LogP contribution is 2.36. The van der Waals surface area contributed by atoms with E-state index in [4.69, 9.17) is 9.90 Å². The molecule has 1 aliphatic heterocycles. The molecule has 0 spiro atoms. The quantitative estimate of drug-likeness (QED) is 0.489. The smallest absolute Gasteiger partial charge is 0.475 e. The van der Waals surface area contributed by atoms with Crippen LogP contribution in [0.4, 0.5) is 23.7 Å². The molecule has 7 nitrogen and oxygen atoms in total. The Balaban J connectivity index is 0.000000479. The van der Waals surface area contributed by atoms with Crippen molar-refractivity contribution in [2.75, 3.05) is 0 Å². The van der Waals surface area contributed by atoms with E-state index in [1.54, 1.807) is 26.2 Å². The lowest BCUT2D eigenvalue weighted by Gasteiger charge is -2.28. The van der Waals surface area contributed by atoms with Crippen molar-refractivity contribution in [3.63, 3.8) is 0 Å². The minimum absolute atomic E-state index is 0.143. The van der Waals surface area contributed by atoms with Crippen molar-refractivity contribution in [3.05, 3.63) is 59.9 Å². The first-order valence-corrected chi connectivity index (χ1v) is 10.3. The lowest BCUT2D eigenvalue weighted by atomic mass is 9.97. The molecule has 2 heterocycles. The number of nitrogens with zero attached hydrogens (tertiary/aromatic N) is 2. The van der Waals surface area contributed by atoms with Crippen molar-refractivity contribution in [1.29, 1.82) is 0 Å². The Hall–Kier alpha value is -3.27. The lowest BCUT2D eigenvalue weighted by Crippen LogP contribution is -2.55. The fraction of sp³-hybridized carbons (Fsp3) is 0.391. The van der Waals surface area contributed by atoms with Crippen LogP contribution in [-0.4, -0.2) is 39.7 Å². The molecule has 2 atom stereocenters. The summed E-state index contributed by atoms with van der Waals surface area (Å²) in [6.07, 6.45) is -0.675. The van der Waals surface area contributed by atoms with E-state index in [1.807, 2.05) is 36.4 Å². The second-order valence-corrected chi connectivity index (χ2v) is 8.39. The molecule has 0 saturated carbocycles. The molecule has 1 saturated heterocycles. The van der Waals surface area contributed by atoms with Crippen molar-refractivity contribution in [2.24, 2.45) is 0 Å². The van der Waals surface area contributed by atoms with Gasteiger partial charge in [0.15, 0.2) is 5.54 Å². The second-order valence-electron chi connectivity index (χ2n) is 8.39. The number of carboxylic acid groups (broad SMARTS) is 1. The summed E-state index contributed by atoms with van der Waals surface area (Å²) in [6.45, 7) is 8.11. The van der Waals surface area contributed by atoms with Gasteiger partial charge >= 0.3 is 24.1 Å². The number of halogens is 3. The Kier molecular flexibility index (Phi) is 7.64. The number of pyridine rings is 1. The summed E-state index contributed by atoms with van der Waals surface area (Å²) in [5.74, 6) is -2.46. The molecule has 2 aromatic rings. The number of quaternary nitrogens is 1. The summed E-state index contributed by atoms with van der Waals surface area (Å²) in [4.78, 5) is 39.3. The number of amides is 3. The minimum Gasteiger partial charge on any atom is -0.475 e. The number of aliphatic carboxylic acids is 1. The molecule has 1 fully saturated rings. The van der Waals surface area contributed by atoms with Crippen LogP contribution in [0.5, 0.6) is 0 Å². The van der Waals surface area contributed by atoms with Crippen LogP contribution in [0.1, 0.15) is 51.2 Å². The van der Waals surface area contributed by atoms with E-state index >= 15 is 0 Å². The topological polar surface area (TPSA) is 96.4 Å². The third-order valence-corrected chi connectivity index (χ3v) is 5.57. The summed E-state index contributed by atoms with van der Waals surface area (Å²) in [6, 6.07) is 11.3. The molecule has 1 aromatic heterocycles. The largest absolute Gasteiger partial charge is 0.490 e. The number of carboxylic acids is 1. The Morgan fingerprint density at radius 2 is 1.64 bits per heavy atom. The summed E-state index contributed by atoms with van der Waals surface area (Å²) >= 11 is 0. The van der Waals surface area contributed by atoms with E-state index < -0.39 is 17.7 Å². The average Bonchev–Trinajstić information content (AvgIpc) is 2.93. The average molecular weight is 466 g/mol. The van der Waals surface area contributed by atoms with E-state index in [9.17, 15) is 22.8 Å². The van der Waals surface area contributed by atoms with Gasteiger partial charge in [-0.1, -0.05) is 26.0 Å². The van der Waals surface area contributed by atoms with E-state index in [-0.39, 0.29) is 23.0 Å². The van der Waals surface area contributed by atoms with Crippen LogP contribution >= 0.6 is 0 Å². The fourth-order valence-electron chi connectivity index (χ4n) is 3.51. The van der Waals surface area contributed by atoms with Crippen LogP contribution in [0.2, 0.25) is 0 Å². The summed E-state index contributed by atoms with van der Waals surface area (Å²) in [5, 5.41) is 9.99. The normalized spacial score (nSPS) is 20.5. The number of aromatic nitrogens is 1. The highest BCUT2D eigenvalue weighted by molar-refractivity contribution is 6.17. The predicted octanol–water partition coefficient (Wildman–Crippen LogP) is 4.76. The minimum atomic E-state index is -5.08. The number of carbonyl (C=O) groups excluding carboxylic acids is 2. The number of urea groups is 1. The standard InChI is InChI=1S/C21H25N3O2.C2HF3O2/c1-5-15(2)17-6-8-18(9-7-17)24(14-16-10-12-22-13-11-16)19(25)21(3,4)23-20(24)26;3-2(4,5)1(6)7/h6-13,15H,5,14H2,1-4H3;(H,6,7)/p+1. The van der Waals surface area contributed by atoms with Crippen molar-refractivity contribution in [2.45, 2.75) is 58.3 Å². The first-order chi connectivity index (χ1) is 15.3. The molecule has 178 valence electrons. The number of imide groups is 1. The van der Waals surface area contributed by atoms with Crippen LogP contribution in [0, 0.1) is 0 Å². The van der Waals surface area contributed by atoms with Gasteiger partial charge in [0.1, 0.15) is 12.2 Å². The molecule has 2 N–H and O–H groups in total. The van der Waals surface area contributed by atoms with Gasteiger partial charge < -0.3 is 5.11 Å². The number of benzene rings is 1. The number of hydrogen-bond donors (Lipinski definition) is 2. The van der Waals surface area contributed by atoms with Gasteiger partial charge in [0, 0.05) is 30.1 Å². The third kappa shape index (κ3) is 5.57. The predicted molar refractivity (Wildman–Crippen MR) is 116 cm³/mol. The van der Waals surface area contributed by atoms with Gasteiger partial charge in [-0.05, 0) is 43.9 Å². The fourth-order valence-corrected chi connectivity index (χ4v) is 3.51. The van der Waals surface area contributed by atoms with E-state index in [0.29, 0.717) is 11.6 Å². The molecule has 3 amide bonds. The molecule has 1 aromatic carbocycles. The molecular weight excluding hydrogens is 439 g/mol. The first-order valence-electron chi connectivity index (χ1n) is 10.3. The van der Waals surface area contributed by atoms with Gasteiger partial charge in [0.25, 0.3) is 0 Å². The summed E-state index contributed by atoms with van der Waals surface area (Å²) in [5.41, 5.74) is 1.90. The van der Waals surface area contributed by atoms with Gasteiger partial charge in [-0.25, -0.2) is 14.4 Å². The van der Waals surface area contributed by atoms with Gasteiger partial charge in [-0.2, -0.15) is 13.2 Å². The van der Waals surface area contributed by atoms with E-state index in [2.05, 4.69) is 24.1 Å². The van der Waals surface area contributed by atoms with Crippen LogP contribution in [0.3, 0.4) is 0 Å². The number of rotatable bonds is 5. The van der Waals surface area contributed by atoms with E-state index in [0.717, 1.165) is 12.0 Å². The summed E-state index contributed by atoms with van der Waals surface area (Å²) in [7, 11) is 0. The van der Waals surface area contributed by atoms with Gasteiger partial charge in [-0.15, -0.1) is 4.48 Å². The van der Waals surface area contributed by atoms with Gasteiger partial charge in [-0.3, -0.25) is 10.3 Å². The van der Waals surface area contributed by atoms with Crippen molar-refractivity contribution < 1.29 is 32.7 Å². The second kappa shape index (κ2) is 9.70. The number of alkyl halides is 3. The maximum absolute atomic E-state index is 13.3. The Morgan fingerprint density at radius 1 is 1.12 bits per heavy atom. The van der Waals surface area contributed by atoms with Crippen LogP contribution < -0.4 is 9.80 Å². The SMILES string of the molecule is CCC(C)c1ccc([N+]2(Cc3ccncc3)C(=O)NC(C)(C)C2=O)cc1.O=C(O)C(F)(F)F. The zero-order valence-corrected chi connectivity index (χ0v) is 18.8. The third-order valence-electron chi connectivity index (χ3n) is 5.57. The Bertz CT molecular complexity index is 1010. The Labute approximate surface area is 189 Å². The number of nitrogens with one attached hydrogen (secondary N) is 1. The first kappa shape index (κ1) is 26.0. The Morgan fingerprint density at radius 3 is 2.03 bits per heavy atom. The lowest BCUT2D eigenvalue weighted by molar-refractivity contribution is -0.192. The van der Waals surface area contributed by atoms with Crippen LogP contribution in [0.15, 0.2) is 48.8 Å². The molecule has 0 aliphatic carbocycles. The maximum atomic E-state index is 13.3. The molecule has 0 bridgehead atoms. The zero-order chi connectivity index (χ0) is 25.0. The highest BCUT2D eigenvalue weighted by atomic mass is 19.4. The molecule has 3 rings (SSSR count). The molecular formula is C23H27F3N3O4+. The van der Waals surface area contributed by atoms with E-state index in [1.165, 1.54) is 5.56 Å². The van der Waals surface area contributed by atoms with Gasteiger partial charge in [0.2, 0.25) is 0 Å². The van der Waals surface area contributed by atoms with Crippen molar-refractivity contribution in [1.82, 2.24) is 14.8 Å². The number of hydrogen-bond acceptors (Lipinski definition) is 4. The molecule has 2 unspecified atom stereocenters. The summed E-state index contributed by atoms with van der Waals surface area (Å²) < 4.78 is 31.4. The van der Waals surface area contributed by atoms with Crippen molar-refractivity contribution in [3.8, 4) is 0 Å². The van der Waals surface area contributed by atoms with Crippen molar-refractivity contribution >= 4 is 23.6 Å². The van der Waals surface area contributed by atoms with Crippen LogP contribution in [-0.2, 0) is 16.1 Å². The zero-order valence-electron chi connectivity index (χ0n) is 18.8. The molecule has 1 aliphatic rings. The van der Waals surface area contributed by atoms with Gasteiger partial charge in [0.05, 0.1) is 0 Å². The monoisotopic (exact) mass is 466 g/mol. The highest BCUT2D eigenvalue weighted by Gasteiger charge is 2.61. The van der Waals surface area contributed by atoms with Crippen LogP contribution in [0.25, 0.3) is 0 Å². The molecule has 10 heteroatoms. The maximum Gasteiger partial charge on any atom is 0.490 e.